The van der Waals surface area contributed by atoms with Crippen molar-refractivity contribution in [2.75, 3.05) is 0 Å². The summed E-state index contributed by atoms with van der Waals surface area (Å²) in [6, 6.07) is 9.12. The summed E-state index contributed by atoms with van der Waals surface area (Å²) in [7, 11) is 0. The van der Waals surface area contributed by atoms with Gasteiger partial charge in [0.1, 0.15) is 0 Å². The van der Waals surface area contributed by atoms with Crippen molar-refractivity contribution in [2.45, 2.75) is 6.48 Å². The molecular weight excluding hydrogens is 252 g/mol. The summed E-state index contributed by atoms with van der Waals surface area (Å²) in [6.07, 6.45) is 0. The molecule has 0 unspecified atom stereocenters. The van der Waals surface area contributed by atoms with E-state index >= 15 is 0 Å². The second kappa shape index (κ2) is 5.05. The predicted octanol–water partition coefficient (Wildman–Crippen LogP) is 0.963. The molecule has 98 valence electrons. The summed E-state index contributed by atoms with van der Waals surface area (Å²) in [5.41, 5.74) is -0.0962. The van der Waals surface area contributed by atoms with Gasteiger partial charge < -0.3 is 20.1 Å². The van der Waals surface area contributed by atoms with E-state index in [1.807, 2.05) is 0 Å². The van der Waals surface area contributed by atoms with E-state index in [1.54, 1.807) is 24.3 Å². The SMILES string of the molecule is O=C(O)c1cccc2cccc(C(=O)OC(O)O)c12. The zero-order chi connectivity index (χ0) is 14.0. The van der Waals surface area contributed by atoms with E-state index in [2.05, 4.69) is 4.74 Å². The molecule has 3 N–H and O–H groups in total. The minimum absolute atomic E-state index is 0.0383. The second-order valence-corrected chi connectivity index (χ2v) is 3.75. The van der Waals surface area contributed by atoms with Crippen molar-refractivity contribution in [1.29, 1.82) is 0 Å². The fourth-order valence-corrected chi connectivity index (χ4v) is 1.85. The summed E-state index contributed by atoms with van der Waals surface area (Å²) in [4.78, 5) is 22.9. The number of aliphatic hydroxyl groups is 2. The maximum absolute atomic E-state index is 11.7. The van der Waals surface area contributed by atoms with E-state index < -0.39 is 18.4 Å². The molecule has 0 aromatic heterocycles. The van der Waals surface area contributed by atoms with Crippen molar-refractivity contribution in [3.05, 3.63) is 47.5 Å². The lowest BCUT2D eigenvalue weighted by molar-refractivity contribution is -0.200. The van der Waals surface area contributed by atoms with Crippen molar-refractivity contribution >= 4 is 22.7 Å². The number of ether oxygens (including phenoxy) is 1. The molecule has 2 rings (SSSR count). The Morgan fingerprint density at radius 3 is 2.11 bits per heavy atom. The van der Waals surface area contributed by atoms with Crippen molar-refractivity contribution in [1.82, 2.24) is 0 Å². The average molecular weight is 262 g/mol. The van der Waals surface area contributed by atoms with Gasteiger partial charge in [0.2, 0.25) is 0 Å². The van der Waals surface area contributed by atoms with Gasteiger partial charge in [-0.15, -0.1) is 0 Å². The van der Waals surface area contributed by atoms with Gasteiger partial charge in [0.05, 0.1) is 11.1 Å². The van der Waals surface area contributed by atoms with Crippen molar-refractivity contribution in [3.63, 3.8) is 0 Å². The summed E-state index contributed by atoms with van der Waals surface area (Å²) in [5.74, 6) is -2.19. The van der Waals surface area contributed by atoms with Crippen LogP contribution in [0.3, 0.4) is 0 Å². The number of esters is 1. The quantitative estimate of drug-likeness (QED) is 0.562. The van der Waals surface area contributed by atoms with Gasteiger partial charge in [-0.3, -0.25) is 0 Å². The zero-order valence-electron chi connectivity index (χ0n) is 9.61. The highest BCUT2D eigenvalue weighted by atomic mass is 16.7. The number of carboxylic acid groups (broad SMARTS) is 1. The molecule has 0 aliphatic rings. The van der Waals surface area contributed by atoms with E-state index in [0.717, 1.165) is 0 Å². The first-order valence-electron chi connectivity index (χ1n) is 5.33. The first kappa shape index (κ1) is 13.0. The molecular formula is C13H10O6. The molecule has 19 heavy (non-hydrogen) atoms. The molecule has 0 spiro atoms. The number of hydrogen-bond acceptors (Lipinski definition) is 5. The van der Waals surface area contributed by atoms with E-state index in [9.17, 15) is 9.59 Å². The number of carboxylic acids is 1. The highest BCUT2D eigenvalue weighted by Gasteiger charge is 2.18. The summed E-state index contributed by atoms with van der Waals surface area (Å²) in [6.45, 7) is -2.25. The molecule has 6 nitrogen and oxygen atoms in total. The number of hydrogen-bond donors (Lipinski definition) is 3. The lowest BCUT2D eigenvalue weighted by Crippen LogP contribution is -2.17. The second-order valence-electron chi connectivity index (χ2n) is 3.75. The summed E-state index contributed by atoms with van der Waals surface area (Å²) in [5, 5.41) is 27.1. The highest BCUT2D eigenvalue weighted by molar-refractivity contribution is 6.12. The lowest BCUT2D eigenvalue weighted by atomic mass is 9.99. The van der Waals surface area contributed by atoms with Crippen LogP contribution in [-0.2, 0) is 4.74 Å². The van der Waals surface area contributed by atoms with Crippen LogP contribution in [0.4, 0.5) is 0 Å². The van der Waals surface area contributed by atoms with Crippen LogP contribution in [0.25, 0.3) is 10.8 Å². The van der Waals surface area contributed by atoms with Crippen LogP contribution in [0.1, 0.15) is 20.7 Å². The first-order valence-corrected chi connectivity index (χ1v) is 5.33. The maximum atomic E-state index is 11.7. The zero-order valence-corrected chi connectivity index (χ0v) is 9.61. The van der Waals surface area contributed by atoms with Gasteiger partial charge in [-0.25, -0.2) is 9.59 Å². The van der Waals surface area contributed by atoms with Gasteiger partial charge in [0.25, 0.3) is 0 Å². The van der Waals surface area contributed by atoms with Crippen LogP contribution in [0, 0.1) is 0 Å². The van der Waals surface area contributed by atoms with Gasteiger partial charge in [0, 0.05) is 5.39 Å². The van der Waals surface area contributed by atoms with Crippen LogP contribution >= 0.6 is 0 Å². The van der Waals surface area contributed by atoms with Crippen molar-refractivity contribution in [3.8, 4) is 0 Å². The number of rotatable bonds is 3. The monoisotopic (exact) mass is 262 g/mol. The van der Waals surface area contributed by atoms with Gasteiger partial charge in [-0.05, 0) is 17.5 Å². The Bertz CT molecular complexity index is 641. The molecule has 0 aliphatic heterocycles. The summed E-state index contributed by atoms with van der Waals surface area (Å²) >= 11 is 0. The van der Waals surface area contributed by atoms with E-state index in [4.69, 9.17) is 15.3 Å². The third kappa shape index (κ3) is 2.54. The van der Waals surface area contributed by atoms with E-state index in [0.29, 0.717) is 5.39 Å². The Morgan fingerprint density at radius 1 is 1.00 bits per heavy atom. The van der Waals surface area contributed by atoms with Gasteiger partial charge in [-0.2, -0.15) is 0 Å². The molecule has 0 saturated heterocycles. The molecule has 0 bridgehead atoms. The highest BCUT2D eigenvalue weighted by Crippen LogP contribution is 2.24. The topological polar surface area (TPSA) is 104 Å². The van der Waals surface area contributed by atoms with Crippen LogP contribution in [0.2, 0.25) is 0 Å². The van der Waals surface area contributed by atoms with Crippen LogP contribution in [0.15, 0.2) is 36.4 Å². The molecule has 0 atom stereocenters. The molecule has 0 amide bonds. The standard InChI is InChI=1S/C13H10O6/c14-11(15)8-5-1-3-7-4-2-6-9(10(7)8)12(16)19-13(17)18/h1-6,13,17-18H,(H,14,15). The Balaban J connectivity index is 2.67. The first-order chi connectivity index (χ1) is 9.00. The number of aliphatic hydroxyl groups excluding tert-OH is 1. The maximum Gasteiger partial charge on any atom is 0.342 e. The third-order valence-corrected chi connectivity index (χ3v) is 2.57. The largest absolute Gasteiger partial charge is 0.478 e. The molecule has 6 heteroatoms. The molecule has 2 aromatic rings. The number of carbonyl (C=O) groups is 2. The Labute approximate surface area is 107 Å². The van der Waals surface area contributed by atoms with E-state index in [-0.39, 0.29) is 16.5 Å². The summed E-state index contributed by atoms with van der Waals surface area (Å²) < 4.78 is 4.26. The van der Waals surface area contributed by atoms with Crippen LogP contribution in [-0.4, -0.2) is 33.7 Å². The smallest absolute Gasteiger partial charge is 0.342 e. The molecule has 0 radical (unpaired) electrons. The minimum Gasteiger partial charge on any atom is -0.478 e. The van der Waals surface area contributed by atoms with Crippen LogP contribution < -0.4 is 0 Å². The van der Waals surface area contributed by atoms with E-state index in [1.165, 1.54) is 12.1 Å². The lowest BCUT2D eigenvalue weighted by Gasteiger charge is -2.10. The Morgan fingerprint density at radius 2 is 1.58 bits per heavy atom. The molecule has 0 heterocycles. The number of aromatic carboxylic acids is 1. The number of fused-ring (bicyclic) bond motifs is 1. The van der Waals surface area contributed by atoms with Gasteiger partial charge in [0.15, 0.2) is 0 Å². The third-order valence-electron chi connectivity index (χ3n) is 2.57. The fraction of sp³-hybridized carbons (Fsp3) is 0.0769. The Hall–Kier alpha value is -2.44. The molecule has 2 aromatic carbocycles. The number of carbonyl (C=O) groups excluding carboxylic acids is 1. The van der Waals surface area contributed by atoms with Gasteiger partial charge >= 0.3 is 18.4 Å². The van der Waals surface area contributed by atoms with Crippen molar-refractivity contribution < 1.29 is 29.6 Å². The molecule has 0 saturated carbocycles. The molecule has 0 aliphatic carbocycles. The molecule has 0 fully saturated rings. The Kier molecular flexibility index (Phi) is 3.46. The minimum atomic E-state index is -2.25. The fourth-order valence-electron chi connectivity index (χ4n) is 1.85. The normalized spacial score (nSPS) is 10.7. The predicted molar refractivity (Wildman–Crippen MR) is 64.5 cm³/mol. The van der Waals surface area contributed by atoms with Crippen LogP contribution in [0.5, 0.6) is 0 Å². The average Bonchev–Trinajstić information content (AvgIpc) is 2.36. The van der Waals surface area contributed by atoms with Crippen molar-refractivity contribution in [2.24, 2.45) is 0 Å². The van der Waals surface area contributed by atoms with Gasteiger partial charge in [-0.1, -0.05) is 24.3 Å². The number of benzene rings is 2.